The number of aromatic carboxylic acids is 1. The number of benzene rings is 2. The molecule has 0 aliphatic rings. The van der Waals surface area contributed by atoms with Gasteiger partial charge >= 0.3 is 5.97 Å². The fraction of sp³-hybridized carbons (Fsp3) is 0.167. The Kier molecular flexibility index (Phi) is 3.93. The van der Waals surface area contributed by atoms with Crippen molar-refractivity contribution in [3.63, 3.8) is 0 Å². The molecular formula is C18H17NO4. The fourth-order valence-electron chi connectivity index (χ4n) is 2.63. The molecule has 0 fully saturated rings. The fourth-order valence-corrected chi connectivity index (χ4v) is 2.63. The zero-order chi connectivity index (χ0) is 16.4. The highest BCUT2D eigenvalue weighted by atomic mass is 16.5. The lowest BCUT2D eigenvalue weighted by molar-refractivity contribution is 0.0698. The lowest BCUT2D eigenvalue weighted by Gasteiger charge is -2.09. The molecule has 0 saturated carbocycles. The zero-order valence-electron chi connectivity index (χ0n) is 12.9. The third-order valence-corrected chi connectivity index (χ3v) is 3.81. The molecule has 0 spiro atoms. The van der Waals surface area contributed by atoms with Crippen LogP contribution in [0.1, 0.15) is 16.1 Å². The Labute approximate surface area is 133 Å². The van der Waals surface area contributed by atoms with E-state index < -0.39 is 5.97 Å². The first-order valence-corrected chi connectivity index (χ1v) is 7.17. The molecule has 118 valence electrons. The maximum Gasteiger partial charge on any atom is 0.337 e. The Balaban J connectivity index is 1.90. The molecule has 23 heavy (non-hydrogen) atoms. The summed E-state index contributed by atoms with van der Waals surface area (Å²) in [5.74, 6) is 0.498. The Morgan fingerprint density at radius 2 is 1.87 bits per heavy atom. The van der Waals surface area contributed by atoms with Gasteiger partial charge in [0.1, 0.15) is 18.1 Å². The van der Waals surface area contributed by atoms with Gasteiger partial charge in [0.05, 0.1) is 23.9 Å². The summed E-state index contributed by atoms with van der Waals surface area (Å²) in [6.45, 7) is 0.345. The second kappa shape index (κ2) is 6.04. The third-order valence-electron chi connectivity index (χ3n) is 3.81. The first-order valence-electron chi connectivity index (χ1n) is 7.17. The number of hydrogen-bond donors (Lipinski definition) is 1. The minimum Gasteiger partial charge on any atom is -0.497 e. The van der Waals surface area contributed by atoms with Crippen molar-refractivity contribution in [2.75, 3.05) is 7.11 Å². The van der Waals surface area contributed by atoms with E-state index in [1.807, 2.05) is 48.0 Å². The Hall–Kier alpha value is -2.95. The Morgan fingerprint density at radius 1 is 1.13 bits per heavy atom. The molecule has 1 heterocycles. The molecule has 0 radical (unpaired) electrons. The zero-order valence-corrected chi connectivity index (χ0v) is 12.9. The summed E-state index contributed by atoms with van der Waals surface area (Å²) in [5, 5.41) is 10.2. The summed E-state index contributed by atoms with van der Waals surface area (Å²) in [6.07, 6.45) is 0. The number of fused-ring (bicyclic) bond motifs is 1. The highest BCUT2D eigenvalue weighted by Crippen LogP contribution is 2.25. The van der Waals surface area contributed by atoms with E-state index >= 15 is 0 Å². The van der Waals surface area contributed by atoms with Crippen LogP contribution in [0.4, 0.5) is 0 Å². The number of rotatable bonds is 5. The number of carboxylic acid groups (broad SMARTS) is 1. The minimum atomic E-state index is -0.933. The molecule has 0 amide bonds. The molecule has 0 unspecified atom stereocenters. The molecule has 1 aromatic heterocycles. The predicted molar refractivity (Wildman–Crippen MR) is 87.2 cm³/mol. The maximum absolute atomic E-state index is 11.4. The Bertz CT molecular complexity index is 867. The van der Waals surface area contributed by atoms with Gasteiger partial charge in [-0.25, -0.2) is 4.79 Å². The maximum atomic E-state index is 11.4. The van der Waals surface area contributed by atoms with Crippen molar-refractivity contribution < 1.29 is 19.4 Å². The van der Waals surface area contributed by atoms with E-state index in [1.54, 1.807) is 19.2 Å². The van der Waals surface area contributed by atoms with Crippen LogP contribution >= 0.6 is 0 Å². The first kappa shape index (κ1) is 15.0. The topological polar surface area (TPSA) is 60.7 Å². The van der Waals surface area contributed by atoms with Crippen molar-refractivity contribution in [1.82, 2.24) is 4.57 Å². The lowest BCUT2D eigenvalue weighted by atomic mass is 10.1. The van der Waals surface area contributed by atoms with Crippen molar-refractivity contribution in [1.29, 1.82) is 0 Å². The lowest BCUT2D eigenvalue weighted by Crippen LogP contribution is -2.05. The van der Waals surface area contributed by atoms with Crippen LogP contribution in [-0.2, 0) is 13.7 Å². The van der Waals surface area contributed by atoms with Crippen LogP contribution in [0.15, 0.2) is 48.5 Å². The highest BCUT2D eigenvalue weighted by Gasteiger charge is 2.14. The van der Waals surface area contributed by atoms with Crippen molar-refractivity contribution in [2.24, 2.45) is 7.05 Å². The minimum absolute atomic E-state index is 0.289. The van der Waals surface area contributed by atoms with Gasteiger partial charge in [-0.05, 0) is 24.3 Å². The van der Waals surface area contributed by atoms with Gasteiger partial charge < -0.3 is 19.1 Å². The summed E-state index contributed by atoms with van der Waals surface area (Å²) in [5.41, 5.74) is 1.89. The average molecular weight is 311 g/mol. The molecule has 0 saturated heterocycles. The monoisotopic (exact) mass is 311 g/mol. The second-order valence-electron chi connectivity index (χ2n) is 5.21. The number of carboxylic acids is 1. The van der Waals surface area contributed by atoms with Gasteiger partial charge in [0.15, 0.2) is 0 Å². The average Bonchev–Trinajstić information content (AvgIpc) is 2.89. The Morgan fingerprint density at radius 3 is 2.61 bits per heavy atom. The first-order chi connectivity index (χ1) is 11.1. The standard InChI is InChI=1S/C18H17NO4/c1-19-13(11-23-15-7-4-6-14(10-15)22-2)9-12-5-3-8-16(17(12)19)18(20)21/h3-10H,11H2,1-2H3,(H,20,21). The van der Waals surface area contributed by atoms with E-state index in [-0.39, 0.29) is 5.56 Å². The number of para-hydroxylation sites is 1. The number of aromatic nitrogens is 1. The molecule has 0 bridgehead atoms. The van der Waals surface area contributed by atoms with Crippen molar-refractivity contribution in [3.8, 4) is 11.5 Å². The van der Waals surface area contributed by atoms with E-state index in [4.69, 9.17) is 9.47 Å². The summed E-state index contributed by atoms with van der Waals surface area (Å²) in [7, 11) is 3.45. The van der Waals surface area contributed by atoms with Gasteiger partial charge in [0, 0.05) is 18.5 Å². The van der Waals surface area contributed by atoms with E-state index in [0.717, 1.165) is 16.8 Å². The number of carbonyl (C=O) groups is 1. The molecule has 3 aromatic rings. The predicted octanol–water partition coefficient (Wildman–Crippen LogP) is 3.46. The van der Waals surface area contributed by atoms with E-state index in [9.17, 15) is 9.90 Å². The SMILES string of the molecule is COc1cccc(OCc2cc3cccc(C(=O)O)c3n2C)c1. The molecule has 0 aliphatic heterocycles. The normalized spacial score (nSPS) is 10.7. The van der Waals surface area contributed by atoms with Gasteiger partial charge in [-0.1, -0.05) is 18.2 Å². The molecular weight excluding hydrogens is 294 g/mol. The second-order valence-corrected chi connectivity index (χ2v) is 5.21. The number of methoxy groups -OCH3 is 1. The van der Waals surface area contributed by atoms with Gasteiger partial charge in [0.2, 0.25) is 0 Å². The number of aryl methyl sites for hydroxylation is 1. The number of nitrogens with zero attached hydrogens (tertiary/aromatic N) is 1. The smallest absolute Gasteiger partial charge is 0.337 e. The molecule has 5 nitrogen and oxygen atoms in total. The summed E-state index contributed by atoms with van der Waals surface area (Å²) in [6, 6.07) is 14.6. The van der Waals surface area contributed by atoms with E-state index in [0.29, 0.717) is 17.9 Å². The molecule has 0 aliphatic carbocycles. The van der Waals surface area contributed by atoms with Gasteiger partial charge in [-0.2, -0.15) is 0 Å². The van der Waals surface area contributed by atoms with Crippen LogP contribution in [0, 0.1) is 0 Å². The largest absolute Gasteiger partial charge is 0.497 e. The van der Waals surface area contributed by atoms with Crippen molar-refractivity contribution in [3.05, 3.63) is 59.8 Å². The van der Waals surface area contributed by atoms with Crippen molar-refractivity contribution in [2.45, 2.75) is 6.61 Å². The van der Waals surface area contributed by atoms with Crippen LogP contribution in [0.3, 0.4) is 0 Å². The van der Waals surface area contributed by atoms with Gasteiger partial charge in [-0.15, -0.1) is 0 Å². The third kappa shape index (κ3) is 2.85. The summed E-state index contributed by atoms with van der Waals surface area (Å²) >= 11 is 0. The molecule has 1 N–H and O–H groups in total. The highest BCUT2D eigenvalue weighted by molar-refractivity contribution is 6.02. The van der Waals surface area contributed by atoms with Crippen LogP contribution in [0.2, 0.25) is 0 Å². The van der Waals surface area contributed by atoms with Crippen LogP contribution < -0.4 is 9.47 Å². The summed E-state index contributed by atoms with van der Waals surface area (Å²) < 4.78 is 12.8. The van der Waals surface area contributed by atoms with Gasteiger partial charge in [0.25, 0.3) is 0 Å². The summed E-state index contributed by atoms with van der Waals surface area (Å²) in [4.78, 5) is 11.4. The van der Waals surface area contributed by atoms with E-state index in [1.165, 1.54) is 0 Å². The molecule has 2 aromatic carbocycles. The van der Waals surface area contributed by atoms with E-state index in [2.05, 4.69) is 0 Å². The number of ether oxygens (including phenoxy) is 2. The molecule has 0 atom stereocenters. The van der Waals surface area contributed by atoms with Crippen LogP contribution in [0.5, 0.6) is 11.5 Å². The van der Waals surface area contributed by atoms with Crippen LogP contribution in [-0.4, -0.2) is 22.8 Å². The van der Waals surface area contributed by atoms with Crippen molar-refractivity contribution >= 4 is 16.9 Å². The quantitative estimate of drug-likeness (QED) is 0.784. The number of hydrogen-bond acceptors (Lipinski definition) is 3. The molecule has 5 heteroatoms. The van der Waals surface area contributed by atoms with Crippen LogP contribution in [0.25, 0.3) is 10.9 Å². The molecule has 3 rings (SSSR count). The van der Waals surface area contributed by atoms with Gasteiger partial charge in [-0.3, -0.25) is 0 Å².